The van der Waals surface area contributed by atoms with E-state index < -0.39 is 10.8 Å². The van der Waals surface area contributed by atoms with E-state index in [9.17, 15) is 9.59 Å². The monoisotopic (exact) mass is 368 g/mol. The summed E-state index contributed by atoms with van der Waals surface area (Å²) in [5, 5.41) is 0. The summed E-state index contributed by atoms with van der Waals surface area (Å²) in [6.07, 6.45) is 4.87. The minimum atomic E-state index is -0.635. The van der Waals surface area contributed by atoms with Crippen LogP contribution in [0.15, 0.2) is 30.7 Å². The summed E-state index contributed by atoms with van der Waals surface area (Å²) in [4.78, 5) is 42.4. The van der Waals surface area contributed by atoms with Crippen molar-refractivity contribution in [3.63, 3.8) is 0 Å². The third-order valence-corrected chi connectivity index (χ3v) is 4.08. The van der Waals surface area contributed by atoms with Crippen LogP contribution in [0.5, 0.6) is 0 Å². The number of hydrogen-bond donors (Lipinski definition) is 1. The van der Waals surface area contributed by atoms with Crippen molar-refractivity contribution in [1.29, 1.82) is 0 Å². The van der Waals surface area contributed by atoms with Crippen molar-refractivity contribution in [2.75, 3.05) is 0 Å². The van der Waals surface area contributed by atoms with Gasteiger partial charge in [0, 0.05) is 17.8 Å². The van der Waals surface area contributed by atoms with E-state index in [1.807, 2.05) is 20.8 Å². The largest absolute Gasteiger partial charge is 0.344 e. The maximum Gasteiger partial charge on any atom is 0.338 e. The molecule has 3 aromatic heterocycles. The van der Waals surface area contributed by atoms with Crippen LogP contribution in [0.3, 0.4) is 0 Å². The number of H-pyrrole nitrogens is 1. The highest BCUT2D eigenvalue weighted by molar-refractivity contribution is 6.08. The van der Waals surface area contributed by atoms with Gasteiger partial charge in [-0.05, 0) is 32.9 Å². The van der Waals surface area contributed by atoms with Crippen LogP contribution >= 0.6 is 0 Å². The molecule has 142 valence electrons. The molecule has 0 fully saturated rings. The van der Waals surface area contributed by atoms with E-state index in [1.54, 1.807) is 51.5 Å². The number of carbonyl (C=O) groups is 2. The number of ketones is 1. The van der Waals surface area contributed by atoms with Crippen molar-refractivity contribution in [2.45, 2.75) is 41.5 Å². The van der Waals surface area contributed by atoms with Crippen molar-refractivity contribution in [1.82, 2.24) is 19.7 Å². The summed E-state index contributed by atoms with van der Waals surface area (Å²) in [5.41, 5.74) is 1.46. The summed E-state index contributed by atoms with van der Waals surface area (Å²) in [6, 6.07) is 3.54. The molecule has 0 aliphatic rings. The lowest BCUT2D eigenvalue weighted by atomic mass is 9.87. The van der Waals surface area contributed by atoms with Gasteiger partial charge >= 0.3 is 5.97 Å². The number of carbonyl (C=O) groups excluding carboxylic acids is 2. The number of aromatic nitrogens is 4. The van der Waals surface area contributed by atoms with Gasteiger partial charge in [0.15, 0.2) is 11.4 Å². The Labute approximate surface area is 157 Å². The predicted octanol–water partition coefficient (Wildman–Crippen LogP) is 3.66. The topological polar surface area (TPSA) is 89.9 Å². The minimum absolute atomic E-state index is 0.0188. The van der Waals surface area contributed by atoms with Crippen molar-refractivity contribution in [2.24, 2.45) is 10.8 Å². The van der Waals surface area contributed by atoms with E-state index in [0.29, 0.717) is 28.1 Å². The molecule has 7 nitrogen and oxygen atoms in total. The van der Waals surface area contributed by atoms with Gasteiger partial charge < -0.3 is 9.82 Å². The first-order valence-electron chi connectivity index (χ1n) is 8.78. The third-order valence-electron chi connectivity index (χ3n) is 4.08. The molecule has 0 aliphatic carbocycles. The molecule has 3 rings (SSSR count). The number of aromatic amines is 1. The van der Waals surface area contributed by atoms with Crippen molar-refractivity contribution < 1.29 is 14.4 Å². The van der Waals surface area contributed by atoms with Crippen LogP contribution < -0.4 is 4.84 Å². The number of Topliss-reactive ketones (excluding diaryl/α,β-unsaturated/α-hetero) is 1. The molecule has 3 aromatic rings. The average molecular weight is 368 g/mol. The molecule has 0 atom stereocenters. The first kappa shape index (κ1) is 18.8. The fourth-order valence-electron chi connectivity index (χ4n) is 2.46. The first-order chi connectivity index (χ1) is 12.5. The van der Waals surface area contributed by atoms with Crippen LogP contribution in [-0.2, 0) is 4.79 Å². The quantitative estimate of drug-likeness (QED) is 0.713. The molecule has 0 unspecified atom stereocenters. The van der Waals surface area contributed by atoms with Gasteiger partial charge in [-0.1, -0.05) is 20.8 Å². The summed E-state index contributed by atoms with van der Waals surface area (Å²) >= 11 is 0. The van der Waals surface area contributed by atoms with Crippen LogP contribution in [0.4, 0.5) is 0 Å². The zero-order valence-electron chi connectivity index (χ0n) is 16.5. The number of rotatable bonds is 3. The van der Waals surface area contributed by atoms with E-state index >= 15 is 0 Å². The molecule has 0 spiro atoms. The van der Waals surface area contributed by atoms with E-state index in [-0.39, 0.29) is 11.8 Å². The van der Waals surface area contributed by atoms with Crippen LogP contribution in [0, 0.1) is 10.8 Å². The van der Waals surface area contributed by atoms with E-state index in [2.05, 4.69) is 15.0 Å². The summed E-state index contributed by atoms with van der Waals surface area (Å²) in [7, 11) is 0. The molecule has 0 aromatic carbocycles. The van der Waals surface area contributed by atoms with Gasteiger partial charge in [0.25, 0.3) is 0 Å². The van der Waals surface area contributed by atoms with Gasteiger partial charge in [-0.3, -0.25) is 4.79 Å². The van der Waals surface area contributed by atoms with Gasteiger partial charge in [-0.15, -0.1) is 0 Å². The lowest BCUT2D eigenvalue weighted by Gasteiger charge is -2.17. The Bertz CT molecular complexity index is 1020. The number of hydrogen-bond acceptors (Lipinski definition) is 5. The van der Waals surface area contributed by atoms with E-state index in [4.69, 9.17) is 4.84 Å². The van der Waals surface area contributed by atoms with Crippen molar-refractivity contribution in [3.8, 4) is 11.4 Å². The molecule has 27 heavy (non-hydrogen) atoms. The molecule has 0 radical (unpaired) electrons. The summed E-state index contributed by atoms with van der Waals surface area (Å²) in [6.45, 7) is 10.9. The maximum absolute atomic E-state index is 12.7. The normalized spacial score (nSPS) is 12.4. The Balaban J connectivity index is 2.03. The SMILES string of the molecule is CC(C)(C)C(=O)On1cccc1-c1cnc2[nH]cc(C(=O)C(C)(C)C)c2n1. The highest BCUT2D eigenvalue weighted by Crippen LogP contribution is 2.27. The van der Waals surface area contributed by atoms with E-state index in [1.165, 1.54) is 4.73 Å². The second-order valence-corrected chi connectivity index (χ2v) is 8.58. The Morgan fingerprint density at radius 1 is 1.11 bits per heavy atom. The smallest absolute Gasteiger partial charge is 0.338 e. The zero-order valence-corrected chi connectivity index (χ0v) is 16.5. The predicted molar refractivity (Wildman–Crippen MR) is 102 cm³/mol. The van der Waals surface area contributed by atoms with Crippen LogP contribution in [-0.4, -0.2) is 31.4 Å². The minimum Gasteiger partial charge on any atom is -0.344 e. The number of fused-ring (bicyclic) bond motifs is 1. The first-order valence-corrected chi connectivity index (χ1v) is 8.78. The Morgan fingerprint density at radius 3 is 2.44 bits per heavy atom. The molecule has 0 amide bonds. The van der Waals surface area contributed by atoms with Gasteiger partial charge in [-0.2, -0.15) is 4.73 Å². The Hall–Kier alpha value is -2.96. The van der Waals surface area contributed by atoms with Gasteiger partial charge in [0.1, 0.15) is 16.9 Å². The molecular weight excluding hydrogens is 344 g/mol. The van der Waals surface area contributed by atoms with E-state index in [0.717, 1.165) is 0 Å². The maximum atomic E-state index is 12.7. The lowest BCUT2D eigenvalue weighted by Crippen LogP contribution is -2.31. The Morgan fingerprint density at radius 2 is 1.81 bits per heavy atom. The highest BCUT2D eigenvalue weighted by atomic mass is 16.7. The van der Waals surface area contributed by atoms with Crippen LogP contribution in [0.25, 0.3) is 22.6 Å². The fraction of sp³-hybridized carbons (Fsp3) is 0.400. The van der Waals surface area contributed by atoms with Crippen molar-refractivity contribution in [3.05, 3.63) is 36.3 Å². The highest BCUT2D eigenvalue weighted by Gasteiger charge is 2.27. The molecule has 0 saturated carbocycles. The Kier molecular flexibility index (Phi) is 4.41. The second kappa shape index (κ2) is 6.33. The summed E-state index contributed by atoms with van der Waals surface area (Å²) < 4.78 is 1.38. The zero-order chi connectivity index (χ0) is 20.0. The lowest BCUT2D eigenvalue weighted by molar-refractivity contribution is -0.153. The van der Waals surface area contributed by atoms with Crippen molar-refractivity contribution >= 4 is 22.9 Å². The third kappa shape index (κ3) is 3.63. The molecule has 0 aliphatic heterocycles. The van der Waals surface area contributed by atoms with Gasteiger partial charge in [0.2, 0.25) is 0 Å². The second-order valence-electron chi connectivity index (χ2n) is 8.58. The van der Waals surface area contributed by atoms with Gasteiger partial charge in [-0.25, -0.2) is 14.8 Å². The molecular formula is C20H24N4O3. The number of nitrogens with one attached hydrogen (secondary N) is 1. The average Bonchev–Trinajstić information content (AvgIpc) is 3.18. The molecule has 1 N–H and O–H groups in total. The molecule has 0 saturated heterocycles. The standard InChI is InChI=1S/C20H24N4O3/c1-19(2,3)16(25)12-10-21-17-15(12)23-13(11-22-17)14-8-7-9-24(14)27-18(26)20(4,5)6/h7-11H,1-6H3,(H,21,22). The fourth-order valence-corrected chi connectivity index (χ4v) is 2.46. The molecule has 3 heterocycles. The van der Waals surface area contributed by atoms with Gasteiger partial charge in [0.05, 0.1) is 17.2 Å². The van der Waals surface area contributed by atoms with Crippen LogP contribution in [0.2, 0.25) is 0 Å². The summed E-state index contributed by atoms with van der Waals surface area (Å²) in [5.74, 6) is -0.381. The number of nitrogens with zero attached hydrogens (tertiary/aromatic N) is 3. The molecule has 7 heteroatoms. The molecule has 0 bridgehead atoms. The van der Waals surface area contributed by atoms with Crippen LogP contribution in [0.1, 0.15) is 51.9 Å².